The third-order valence-electron chi connectivity index (χ3n) is 2.53. The molecule has 1 N–H and O–H groups in total. The van der Waals surface area contributed by atoms with Gasteiger partial charge in [0.2, 0.25) is 0 Å². The summed E-state index contributed by atoms with van der Waals surface area (Å²) in [6.07, 6.45) is 3.97. The topological polar surface area (TPSA) is 42.7 Å². The third-order valence-corrected chi connectivity index (χ3v) is 3.58. The zero-order valence-corrected chi connectivity index (χ0v) is 11.1. The number of nitrogens with zero attached hydrogens (tertiary/aromatic N) is 3. The van der Waals surface area contributed by atoms with E-state index in [2.05, 4.69) is 33.8 Å². The lowest BCUT2D eigenvalue weighted by Crippen LogP contribution is -2.17. The van der Waals surface area contributed by atoms with Crippen molar-refractivity contribution >= 4 is 11.3 Å². The minimum Gasteiger partial charge on any atom is -0.311 e. The van der Waals surface area contributed by atoms with Gasteiger partial charge in [0.15, 0.2) is 0 Å². The average Bonchev–Trinajstić information content (AvgIpc) is 2.93. The summed E-state index contributed by atoms with van der Waals surface area (Å²) in [7, 11) is 1.94. The first kappa shape index (κ1) is 12.3. The van der Waals surface area contributed by atoms with Gasteiger partial charge in [-0.2, -0.15) is 5.10 Å². The highest BCUT2D eigenvalue weighted by Gasteiger charge is 2.00. The fraction of sp³-hybridized carbons (Fsp3) is 0.500. The van der Waals surface area contributed by atoms with Crippen LogP contribution in [0.1, 0.15) is 23.3 Å². The molecule has 0 atom stereocenters. The molecule has 92 valence electrons. The molecular formula is C12H18N4S. The molecule has 0 aliphatic heterocycles. The molecule has 0 bridgehead atoms. The Morgan fingerprint density at radius 1 is 1.41 bits per heavy atom. The number of hydrogen-bond acceptors (Lipinski definition) is 4. The van der Waals surface area contributed by atoms with Crippen LogP contribution in [-0.4, -0.2) is 21.3 Å². The van der Waals surface area contributed by atoms with E-state index < -0.39 is 0 Å². The Bertz CT molecular complexity index is 461. The Balaban J connectivity index is 1.69. The van der Waals surface area contributed by atoms with Crippen molar-refractivity contribution in [1.29, 1.82) is 0 Å². The fourth-order valence-electron chi connectivity index (χ4n) is 1.62. The van der Waals surface area contributed by atoms with Gasteiger partial charge >= 0.3 is 0 Å². The van der Waals surface area contributed by atoms with Crippen LogP contribution in [-0.2, 0) is 26.4 Å². The number of nitrogens with one attached hydrogen (secondary N) is 1. The summed E-state index contributed by atoms with van der Waals surface area (Å²) < 4.78 is 1.84. The first-order chi connectivity index (χ1) is 8.28. The van der Waals surface area contributed by atoms with Crippen LogP contribution >= 0.6 is 11.3 Å². The van der Waals surface area contributed by atoms with E-state index in [-0.39, 0.29) is 0 Å². The molecule has 2 aromatic rings. The fourth-order valence-corrected chi connectivity index (χ4v) is 2.37. The molecule has 17 heavy (non-hydrogen) atoms. The normalized spacial score (nSPS) is 10.9. The second kappa shape index (κ2) is 5.93. The van der Waals surface area contributed by atoms with Gasteiger partial charge in [-0.05, 0) is 12.5 Å². The number of aryl methyl sites for hydroxylation is 2. The van der Waals surface area contributed by atoms with Crippen molar-refractivity contribution in [1.82, 2.24) is 20.1 Å². The summed E-state index contributed by atoms with van der Waals surface area (Å²) in [5, 5.41) is 11.1. The van der Waals surface area contributed by atoms with Gasteiger partial charge in [0.25, 0.3) is 0 Å². The quantitative estimate of drug-likeness (QED) is 0.795. The number of hydrogen-bond donors (Lipinski definition) is 1. The first-order valence-corrected chi connectivity index (χ1v) is 6.78. The van der Waals surface area contributed by atoms with Gasteiger partial charge in [-0.25, -0.2) is 4.98 Å². The summed E-state index contributed by atoms with van der Waals surface area (Å²) in [6.45, 7) is 3.93. The van der Waals surface area contributed by atoms with Crippen LogP contribution in [0.3, 0.4) is 0 Å². The number of rotatable bonds is 6. The van der Waals surface area contributed by atoms with E-state index in [0.717, 1.165) is 37.3 Å². The van der Waals surface area contributed by atoms with Gasteiger partial charge in [0.1, 0.15) is 0 Å². The summed E-state index contributed by atoms with van der Waals surface area (Å²) in [5.41, 5.74) is 2.28. The standard InChI is InChI=1S/C12H18N4S/c1-3-12-14-11(9-17-12)8-13-6-4-10-5-7-16(2)15-10/h5,7,9,13H,3-4,6,8H2,1-2H3. The van der Waals surface area contributed by atoms with Crippen LogP contribution in [0.5, 0.6) is 0 Å². The minimum absolute atomic E-state index is 0.851. The zero-order chi connectivity index (χ0) is 12.1. The molecule has 0 saturated carbocycles. The largest absolute Gasteiger partial charge is 0.311 e. The van der Waals surface area contributed by atoms with Crippen LogP contribution in [0.15, 0.2) is 17.6 Å². The van der Waals surface area contributed by atoms with E-state index in [4.69, 9.17) is 0 Å². The zero-order valence-electron chi connectivity index (χ0n) is 10.3. The van der Waals surface area contributed by atoms with Crippen molar-refractivity contribution in [3.05, 3.63) is 34.0 Å². The predicted molar refractivity (Wildman–Crippen MR) is 70.1 cm³/mol. The number of thiazole rings is 1. The molecule has 0 saturated heterocycles. The van der Waals surface area contributed by atoms with E-state index >= 15 is 0 Å². The van der Waals surface area contributed by atoms with Gasteiger partial charge in [0, 0.05) is 38.1 Å². The average molecular weight is 250 g/mol. The van der Waals surface area contributed by atoms with Crippen molar-refractivity contribution in [3.63, 3.8) is 0 Å². The lowest BCUT2D eigenvalue weighted by Gasteiger charge is -2.00. The Morgan fingerprint density at radius 2 is 2.29 bits per heavy atom. The molecule has 2 heterocycles. The molecule has 0 fully saturated rings. The Hall–Kier alpha value is -1.20. The summed E-state index contributed by atoms with van der Waals surface area (Å²) in [4.78, 5) is 4.51. The Morgan fingerprint density at radius 3 is 2.94 bits per heavy atom. The predicted octanol–water partition coefficient (Wildman–Crippen LogP) is 1.77. The lowest BCUT2D eigenvalue weighted by atomic mass is 10.3. The molecule has 0 aliphatic carbocycles. The molecule has 4 nitrogen and oxygen atoms in total. The van der Waals surface area contributed by atoms with Crippen molar-refractivity contribution < 1.29 is 0 Å². The monoisotopic (exact) mass is 250 g/mol. The SMILES string of the molecule is CCc1nc(CNCCc2ccn(C)n2)cs1. The highest BCUT2D eigenvalue weighted by atomic mass is 32.1. The Kier molecular flexibility index (Phi) is 4.28. The molecule has 0 unspecified atom stereocenters. The Labute approximate surface area is 106 Å². The smallest absolute Gasteiger partial charge is 0.0926 e. The van der Waals surface area contributed by atoms with Crippen LogP contribution in [0, 0.1) is 0 Å². The maximum absolute atomic E-state index is 4.51. The van der Waals surface area contributed by atoms with E-state index in [1.807, 2.05) is 17.9 Å². The second-order valence-corrected chi connectivity index (χ2v) is 4.94. The van der Waals surface area contributed by atoms with Crippen LogP contribution in [0.2, 0.25) is 0 Å². The maximum Gasteiger partial charge on any atom is 0.0926 e. The molecule has 0 amide bonds. The first-order valence-electron chi connectivity index (χ1n) is 5.90. The van der Waals surface area contributed by atoms with Crippen LogP contribution in [0.4, 0.5) is 0 Å². The molecular weight excluding hydrogens is 232 g/mol. The highest BCUT2D eigenvalue weighted by molar-refractivity contribution is 7.09. The van der Waals surface area contributed by atoms with E-state index in [0.29, 0.717) is 0 Å². The van der Waals surface area contributed by atoms with E-state index in [9.17, 15) is 0 Å². The minimum atomic E-state index is 0.851. The molecule has 0 aromatic carbocycles. The van der Waals surface area contributed by atoms with Crippen molar-refractivity contribution in [2.24, 2.45) is 7.05 Å². The summed E-state index contributed by atoms with van der Waals surface area (Å²) in [5.74, 6) is 0. The van der Waals surface area contributed by atoms with Gasteiger partial charge in [0.05, 0.1) is 16.4 Å². The molecule has 2 aromatic heterocycles. The van der Waals surface area contributed by atoms with E-state index in [1.54, 1.807) is 11.3 Å². The molecule has 0 spiro atoms. The number of aromatic nitrogens is 3. The molecule has 2 rings (SSSR count). The van der Waals surface area contributed by atoms with Gasteiger partial charge in [-0.1, -0.05) is 6.92 Å². The van der Waals surface area contributed by atoms with Crippen LogP contribution in [0.25, 0.3) is 0 Å². The highest BCUT2D eigenvalue weighted by Crippen LogP contribution is 2.09. The van der Waals surface area contributed by atoms with Crippen LogP contribution < -0.4 is 5.32 Å². The van der Waals surface area contributed by atoms with Gasteiger partial charge < -0.3 is 5.32 Å². The summed E-state index contributed by atoms with van der Waals surface area (Å²) >= 11 is 1.74. The third kappa shape index (κ3) is 3.64. The maximum atomic E-state index is 4.51. The van der Waals surface area contributed by atoms with Gasteiger partial charge in [-0.3, -0.25) is 4.68 Å². The second-order valence-electron chi connectivity index (χ2n) is 3.99. The van der Waals surface area contributed by atoms with E-state index in [1.165, 1.54) is 5.01 Å². The lowest BCUT2D eigenvalue weighted by molar-refractivity contribution is 0.657. The van der Waals surface area contributed by atoms with Crippen molar-refractivity contribution in [2.75, 3.05) is 6.54 Å². The van der Waals surface area contributed by atoms with Crippen molar-refractivity contribution in [2.45, 2.75) is 26.3 Å². The summed E-state index contributed by atoms with van der Waals surface area (Å²) in [6, 6.07) is 2.06. The molecule has 5 heteroatoms. The van der Waals surface area contributed by atoms with Gasteiger partial charge in [-0.15, -0.1) is 11.3 Å². The molecule has 0 aliphatic rings. The van der Waals surface area contributed by atoms with Crippen molar-refractivity contribution in [3.8, 4) is 0 Å². The molecule has 0 radical (unpaired) electrons.